The molecule has 2 aliphatic heterocycles. The number of anilines is 2. The zero-order valence-corrected chi connectivity index (χ0v) is 16.2. The van der Waals surface area contributed by atoms with E-state index in [-0.39, 0.29) is 23.9 Å². The number of carbonyl (C=O) groups excluding carboxylic acids is 1. The highest BCUT2D eigenvalue weighted by Crippen LogP contribution is 2.47. The van der Waals surface area contributed by atoms with Crippen molar-refractivity contribution in [3.8, 4) is 0 Å². The van der Waals surface area contributed by atoms with Crippen LogP contribution in [0.3, 0.4) is 0 Å². The monoisotopic (exact) mass is 396 g/mol. The van der Waals surface area contributed by atoms with Gasteiger partial charge in [-0.15, -0.1) is 4.91 Å². The van der Waals surface area contributed by atoms with Crippen LogP contribution in [0.15, 0.2) is 40.8 Å². The maximum atomic E-state index is 13.1. The van der Waals surface area contributed by atoms with E-state index in [2.05, 4.69) is 26.0 Å². The first-order valence-electron chi connectivity index (χ1n) is 9.79. The maximum Gasteiger partial charge on any atom is 0.336 e. The lowest BCUT2D eigenvalue weighted by Crippen LogP contribution is -2.34. The Hall–Kier alpha value is -3.20. The molecule has 2 aliphatic rings. The Labute approximate surface area is 168 Å². The molecular formula is C20H24N6O3. The number of H-pyrrole nitrogens is 1. The zero-order valence-electron chi connectivity index (χ0n) is 16.2. The number of aromatic nitrogens is 2. The largest absolute Gasteiger partial charge is 0.463 e. The number of carbonyl (C=O) groups is 1. The van der Waals surface area contributed by atoms with E-state index in [1.807, 2.05) is 6.07 Å². The molecule has 4 rings (SSSR count). The third-order valence-electron chi connectivity index (χ3n) is 5.59. The van der Waals surface area contributed by atoms with E-state index in [1.165, 1.54) is 0 Å². The fraction of sp³-hybridized carbons (Fsp3) is 0.400. The molecule has 3 heterocycles. The van der Waals surface area contributed by atoms with Gasteiger partial charge < -0.3 is 21.1 Å². The van der Waals surface area contributed by atoms with Gasteiger partial charge in [0.1, 0.15) is 11.5 Å². The number of hydrogen-bond donors (Lipinski definition) is 4. The van der Waals surface area contributed by atoms with Gasteiger partial charge in [0.25, 0.3) is 0 Å². The Balaban J connectivity index is 1.93. The van der Waals surface area contributed by atoms with Crippen LogP contribution in [0, 0.1) is 10.8 Å². The Kier molecular flexibility index (Phi) is 5.30. The number of aromatic amines is 1. The van der Waals surface area contributed by atoms with Gasteiger partial charge in [0.15, 0.2) is 0 Å². The molecule has 9 heteroatoms. The molecular weight excluding hydrogens is 372 g/mol. The van der Waals surface area contributed by atoms with Crippen molar-refractivity contribution in [1.82, 2.24) is 15.5 Å². The van der Waals surface area contributed by atoms with Gasteiger partial charge in [-0.1, -0.05) is 12.1 Å². The quantitative estimate of drug-likeness (QED) is 0.347. The summed E-state index contributed by atoms with van der Waals surface area (Å²) in [5.41, 5.74) is 9.45. The fourth-order valence-corrected chi connectivity index (χ4v) is 4.22. The summed E-state index contributed by atoms with van der Waals surface area (Å²) in [4.78, 5) is 24.4. The number of benzene rings is 1. The molecule has 1 aromatic carbocycles. The SMILES string of the molecule is CCOC(=O)C1=C(C2CCNCC2)Nc2[nH]ncc2C1c1cccc(N=O)c1N. The van der Waals surface area contributed by atoms with Crippen LogP contribution in [0.25, 0.3) is 0 Å². The topological polar surface area (TPSA) is 134 Å². The lowest BCUT2D eigenvalue weighted by molar-refractivity contribution is -0.138. The standard InChI is InChI=1S/C20H24N6O3/c1-2-29-20(27)16-15(12-4-3-5-14(26-28)17(12)21)13-10-23-25-19(13)24-18(16)11-6-8-22-9-7-11/h3-5,10-11,15,22H,2,6-9,21H2,1H3,(H2,23,24,25). The molecule has 9 nitrogen and oxygen atoms in total. The molecule has 0 saturated carbocycles. The number of nitrogens with zero attached hydrogens (tertiary/aromatic N) is 2. The number of hydrogen-bond acceptors (Lipinski definition) is 8. The number of fused-ring (bicyclic) bond motifs is 1. The summed E-state index contributed by atoms with van der Waals surface area (Å²) in [6, 6.07) is 5.10. The first-order chi connectivity index (χ1) is 14.2. The number of nitrogen functional groups attached to an aromatic ring is 1. The zero-order chi connectivity index (χ0) is 20.4. The summed E-state index contributed by atoms with van der Waals surface area (Å²) >= 11 is 0. The maximum absolute atomic E-state index is 13.1. The van der Waals surface area contributed by atoms with E-state index in [4.69, 9.17) is 10.5 Å². The van der Waals surface area contributed by atoms with E-state index >= 15 is 0 Å². The molecule has 1 atom stereocenters. The molecule has 1 fully saturated rings. The number of allylic oxidation sites excluding steroid dienone is 1. The number of nitrogens with one attached hydrogen (secondary N) is 3. The fourth-order valence-electron chi connectivity index (χ4n) is 4.22. The van der Waals surface area contributed by atoms with Crippen LogP contribution in [-0.4, -0.2) is 35.9 Å². The molecule has 2 aromatic rings. The van der Waals surface area contributed by atoms with E-state index in [0.717, 1.165) is 43.0 Å². The van der Waals surface area contributed by atoms with Crippen molar-refractivity contribution in [3.63, 3.8) is 0 Å². The third-order valence-corrected chi connectivity index (χ3v) is 5.59. The van der Waals surface area contributed by atoms with Gasteiger partial charge in [-0.2, -0.15) is 5.10 Å². The smallest absolute Gasteiger partial charge is 0.336 e. The average Bonchev–Trinajstić information content (AvgIpc) is 3.22. The van der Waals surface area contributed by atoms with Crippen molar-refractivity contribution in [3.05, 3.63) is 51.7 Å². The predicted octanol–water partition coefficient (Wildman–Crippen LogP) is 2.76. The Morgan fingerprint density at radius 3 is 2.83 bits per heavy atom. The summed E-state index contributed by atoms with van der Waals surface area (Å²) in [5, 5.41) is 16.9. The number of esters is 1. The Morgan fingerprint density at radius 1 is 1.31 bits per heavy atom. The minimum Gasteiger partial charge on any atom is -0.463 e. The summed E-state index contributed by atoms with van der Waals surface area (Å²) in [7, 11) is 0. The summed E-state index contributed by atoms with van der Waals surface area (Å²) < 4.78 is 5.43. The molecule has 1 unspecified atom stereocenters. The lowest BCUT2D eigenvalue weighted by atomic mass is 9.78. The van der Waals surface area contributed by atoms with Crippen LogP contribution in [0.4, 0.5) is 17.2 Å². The molecule has 29 heavy (non-hydrogen) atoms. The lowest BCUT2D eigenvalue weighted by Gasteiger charge is -2.34. The second kappa shape index (κ2) is 8.04. The van der Waals surface area contributed by atoms with E-state index in [1.54, 1.807) is 25.3 Å². The van der Waals surface area contributed by atoms with Crippen molar-refractivity contribution < 1.29 is 9.53 Å². The second-order valence-electron chi connectivity index (χ2n) is 7.20. The van der Waals surface area contributed by atoms with Crippen LogP contribution in [0.5, 0.6) is 0 Å². The number of para-hydroxylation sites is 1. The Bertz CT molecular complexity index is 961. The third kappa shape index (κ3) is 3.38. The van der Waals surface area contributed by atoms with Gasteiger partial charge in [0, 0.05) is 17.2 Å². The van der Waals surface area contributed by atoms with Crippen LogP contribution >= 0.6 is 0 Å². The van der Waals surface area contributed by atoms with Crippen molar-refractivity contribution in [1.29, 1.82) is 0 Å². The first kappa shape index (κ1) is 19.1. The highest BCUT2D eigenvalue weighted by Gasteiger charge is 2.39. The number of nitroso groups, excluding NO2 is 1. The minimum atomic E-state index is -0.504. The molecule has 152 valence electrons. The molecule has 0 aliphatic carbocycles. The van der Waals surface area contributed by atoms with Gasteiger partial charge in [-0.25, -0.2) is 4.79 Å². The van der Waals surface area contributed by atoms with Gasteiger partial charge in [0.05, 0.1) is 30.0 Å². The van der Waals surface area contributed by atoms with Crippen molar-refractivity contribution in [2.75, 3.05) is 30.7 Å². The van der Waals surface area contributed by atoms with Gasteiger partial charge in [-0.05, 0) is 49.7 Å². The van der Waals surface area contributed by atoms with Gasteiger partial charge in [0.2, 0.25) is 0 Å². The molecule has 0 radical (unpaired) electrons. The van der Waals surface area contributed by atoms with Crippen molar-refractivity contribution in [2.24, 2.45) is 11.1 Å². The van der Waals surface area contributed by atoms with E-state index in [0.29, 0.717) is 11.1 Å². The van der Waals surface area contributed by atoms with Crippen LogP contribution in [0.1, 0.15) is 36.8 Å². The number of piperidine rings is 1. The molecule has 0 spiro atoms. The second-order valence-corrected chi connectivity index (χ2v) is 7.20. The number of ether oxygens (including phenoxy) is 1. The molecule has 5 N–H and O–H groups in total. The number of rotatable bonds is 5. The van der Waals surface area contributed by atoms with Crippen LogP contribution in [0.2, 0.25) is 0 Å². The highest BCUT2D eigenvalue weighted by molar-refractivity contribution is 5.95. The van der Waals surface area contributed by atoms with Crippen molar-refractivity contribution >= 4 is 23.2 Å². The van der Waals surface area contributed by atoms with Gasteiger partial charge >= 0.3 is 5.97 Å². The summed E-state index contributed by atoms with van der Waals surface area (Å²) in [6.45, 7) is 3.79. The predicted molar refractivity (Wildman–Crippen MR) is 110 cm³/mol. The van der Waals surface area contributed by atoms with E-state index in [9.17, 15) is 9.70 Å². The molecule has 1 aromatic heterocycles. The first-order valence-corrected chi connectivity index (χ1v) is 9.79. The van der Waals surface area contributed by atoms with Crippen LogP contribution in [-0.2, 0) is 9.53 Å². The molecule has 1 saturated heterocycles. The summed E-state index contributed by atoms with van der Waals surface area (Å²) in [6.07, 6.45) is 3.46. The van der Waals surface area contributed by atoms with Crippen molar-refractivity contribution in [2.45, 2.75) is 25.7 Å². The average molecular weight is 396 g/mol. The van der Waals surface area contributed by atoms with Crippen LogP contribution < -0.4 is 16.4 Å². The Morgan fingerprint density at radius 2 is 2.10 bits per heavy atom. The summed E-state index contributed by atoms with van der Waals surface area (Å²) in [5.74, 6) is -0.00598. The van der Waals surface area contributed by atoms with E-state index < -0.39 is 11.9 Å². The number of nitrogens with two attached hydrogens (primary N) is 1. The molecule has 0 amide bonds. The normalized spacial score (nSPS) is 19.4. The van der Waals surface area contributed by atoms with Gasteiger partial charge in [-0.3, -0.25) is 5.10 Å². The molecule has 0 bridgehead atoms. The minimum absolute atomic E-state index is 0.151. The highest BCUT2D eigenvalue weighted by atomic mass is 16.5.